The van der Waals surface area contributed by atoms with E-state index < -0.39 is 23.9 Å². The average molecular weight is 396 g/mol. The molecule has 4 N–H and O–H groups in total. The Balaban J connectivity index is 1.95. The third-order valence-electron chi connectivity index (χ3n) is 3.30. The van der Waals surface area contributed by atoms with Gasteiger partial charge in [0.2, 0.25) is 0 Å². The van der Waals surface area contributed by atoms with Gasteiger partial charge in [0.15, 0.2) is 6.10 Å². The van der Waals surface area contributed by atoms with Gasteiger partial charge < -0.3 is 10.5 Å². The van der Waals surface area contributed by atoms with Crippen molar-refractivity contribution in [3.8, 4) is 0 Å². The summed E-state index contributed by atoms with van der Waals surface area (Å²) in [4.78, 5) is 36.0. The number of amides is 2. The van der Waals surface area contributed by atoms with E-state index in [1.165, 1.54) is 19.1 Å². The number of carbonyl (C=O) groups excluding carboxylic acids is 3. The highest BCUT2D eigenvalue weighted by Gasteiger charge is 2.22. The third kappa shape index (κ3) is 4.87. The van der Waals surface area contributed by atoms with Crippen molar-refractivity contribution in [1.82, 2.24) is 10.9 Å². The van der Waals surface area contributed by atoms with Gasteiger partial charge in [-0.05, 0) is 31.2 Å². The minimum absolute atomic E-state index is 0.00828. The van der Waals surface area contributed by atoms with Crippen molar-refractivity contribution in [2.24, 2.45) is 0 Å². The first kappa shape index (κ1) is 19.6. The molecule has 0 aliphatic rings. The summed E-state index contributed by atoms with van der Waals surface area (Å²) in [6.45, 7) is 1.34. The van der Waals surface area contributed by atoms with Gasteiger partial charge in [0, 0.05) is 10.6 Å². The van der Waals surface area contributed by atoms with Crippen LogP contribution in [-0.2, 0) is 9.53 Å². The van der Waals surface area contributed by atoms with E-state index in [9.17, 15) is 14.4 Å². The molecule has 7 nitrogen and oxygen atoms in total. The smallest absolute Gasteiger partial charge is 0.341 e. The molecule has 0 aromatic heterocycles. The summed E-state index contributed by atoms with van der Waals surface area (Å²) in [6.07, 6.45) is -1.20. The van der Waals surface area contributed by atoms with Crippen LogP contribution in [0.5, 0.6) is 0 Å². The molecule has 0 unspecified atom stereocenters. The molecule has 2 aromatic carbocycles. The number of halogens is 2. The van der Waals surface area contributed by atoms with Crippen molar-refractivity contribution in [2.45, 2.75) is 13.0 Å². The molecular weight excluding hydrogens is 381 g/mol. The Labute approximate surface area is 159 Å². The molecule has 0 spiro atoms. The molecule has 26 heavy (non-hydrogen) atoms. The van der Waals surface area contributed by atoms with E-state index in [2.05, 4.69) is 10.9 Å². The summed E-state index contributed by atoms with van der Waals surface area (Å²) in [5.41, 5.74) is 10.4. The van der Waals surface area contributed by atoms with E-state index in [0.717, 1.165) is 0 Å². The van der Waals surface area contributed by atoms with Crippen molar-refractivity contribution < 1.29 is 19.1 Å². The van der Waals surface area contributed by atoms with Crippen LogP contribution in [0.3, 0.4) is 0 Å². The molecule has 0 saturated heterocycles. The number of carbonyl (C=O) groups is 3. The van der Waals surface area contributed by atoms with E-state index in [1.807, 2.05) is 0 Å². The molecule has 1 atom stereocenters. The second-order valence-electron chi connectivity index (χ2n) is 5.21. The number of anilines is 1. The number of nitrogens with one attached hydrogen (secondary N) is 2. The molecule has 0 saturated carbocycles. The number of benzene rings is 2. The number of hydrazine groups is 1. The number of esters is 1. The van der Waals surface area contributed by atoms with Crippen LogP contribution in [0.1, 0.15) is 27.6 Å². The highest BCUT2D eigenvalue weighted by atomic mass is 35.5. The quantitative estimate of drug-likeness (QED) is 0.418. The second kappa shape index (κ2) is 8.55. The van der Waals surface area contributed by atoms with Gasteiger partial charge in [-0.25, -0.2) is 4.79 Å². The van der Waals surface area contributed by atoms with Crippen LogP contribution in [-0.4, -0.2) is 23.9 Å². The first-order chi connectivity index (χ1) is 12.3. The molecule has 0 aliphatic heterocycles. The lowest BCUT2D eigenvalue weighted by molar-refractivity contribution is -0.129. The Morgan fingerprint density at radius 3 is 2.38 bits per heavy atom. The second-order valence-corrected chi connectivity index (χ2v) is 6.05. The molecule has 9 heteroatoms. The number of rotatable bonds is 4. The molecule has 2 rings (SSSR count). The standard InChI is InChI=1S/C17H15Cl2N3O4/c1-9(15(23)21-22-16(24)10-5-3-2-4-6-10)26-17(25)12-7-11(18)8-13(19)14(12)20/h2-9H,20H2,1H3,(H,21,23)(H,22,24)/t9-/m1/s1. The normalized spacial score (nSPS) is 11.3. The summed E-state index contributed by atoms with van der Waals surface area (Å²) in [5.74, 6) is -2.11. The van der Waals surface area contributed by atoms with E-state index >= 15 is 0 Å². The van der Waals surface area contributed by atoms with Crippen LogP contribution < -0.4 is 16.6 Å². The fourth-order valence-corrected chi connectivity index (χ4v) is 2.41. The first-order valence-corrected chi connectivity index (χ1v) is 8.16. The summed E-state index contributed by atoms with van der Waals surface area (Å²) < 4.78 is 5.03. The Morgan fingerprint density at radius 2 is 1.73 bits per heavy atom. The zero-order valence-corrected chi connectivity index (χ0v) is 15.1. The minimum atomic E-state index is -1.20. The van der Waals surface area contributed by atoms with Crippen LogP contribution in [0.4, 0.5) is 5.69 Å². The van der Waals surface area contributed by atoms with Gasteiger partial charge in [0.25, 0.3) is 11.8 Å². The fraction of sp³-hybridized carbons (Fsp3) is 0.118. The third-order valence-corrected chi connectivity index (χ3v) is 3.83. The van der Waals surface area contributed by atoms with Gasteiger partial charge >= 0.3 is 5.97 Å². The zero-order chi connectivity index (χ0) is 19.3. The number of nitrogen functional groups attached to an aromatic ring is 1. The van der Waals surface area contributed by atoms with Crippen LogP contribution >= 0.6 is 23.2 Å². The summed E-state index contributed by atoms with van der Waals surface area (Å²) >= 11 is 11.7. The van der Waals surface area contributed by atoms with Gasteiger partial charge in [-0.1, -0.05) is 41.4 Å². The zero-order valence-electron chi connectivity index (χ0n) is 13.6. The molecule has 2 aromatic rings. The van der Waals surface area contributed by atoms with Gasteiger partial charge in [-0.3, -0.25) is 20.4 Å². The molecular formula is C17H15Cl2N3O4. The monoisotopic (exact) mass is 395 g/mol. The Hall–Kier alpha value is -2.77. The maximum Gasteiger partial charge on any atom is 0.341 e. The molecule has 0 bridgehead atoms. The maximum atomic E-state index is 12.2. The first-order valence-electron chi connectivity index (χ1n) is 7.40. The fourth-order valence-electron chi connectivity index (χ4n) is 1.91. The Bertz CT molecular complexity index is 843. The van der Waals surface area contributed by atoms with Crippen LogP contribution in [0.25, 0.3) is 0 Å². The van der Waals surface area contributed by atoms with Crippen molar-refractivity contribution in [3.63, 3.8) is 0 Å². The lowest BCUT2D eigenvalue weighted by Crippen LogP contribution is -2.46. The Kier molecular flexibility index (Phi) is 6.43. The molecule has 0 aliphatic carbocycles. The van der Waals surface area contributed by atoms with Gasteiger partial charge in [-0.2, -0.15) is 0 Å². The molecule has 0 heterocycles. The van der Waals surface area contributed by atoms with E-state index in [1.54, 1.807) is 30.3 Å². The number of nitrogens with two attached hydrogens (primary N) is 1. The number of ether oxygens (including phenoxy) is 1. The van der Waals surface area contributed by atoms with Crippen LogP contribution in [0.2, 0.25) is 10.0 Å². The average Bonchev–Trinajstić information content (AvgIpc) is 2.62. The molecule has 136 valence electrons. The molecule has 0 radical (unpaired) electrons. The van der Waals surface area contributed by atoms with Crippen LogP contribution in [0.15, 0.2) is 42.5 Å². The van der Waals surface area contributed by atoms with Crippen molar-refractivity contribution in [3.05, 3.63) is 63.6 Å². The molecule has 2 amide bonds. The van der Waals surface area contributed by atoms with Gasteiger partial charge in [-0.15, -0.1) is 0 Å². The van der Waals surface area contributed by atoms with Crippen molar-refractivity contribution in [2.75, 3.05) is 5.73 Å². The topological polar surface area (TPSA) is 111 Å². The predicted molar refractivity (Wildman–Crippen MR) is 97.8 cm³/mol. The van der Waals surface area contributed by atoms with E-state index in [4.69, 9.17) is 33.7 Å². The summed E-state index contributed by atoms with van der Waals surface area (Å²) in [7, 11) is 0. The largest absolute Gasteiger partial charge is 0.449 e. The highest BCUT2D eigenvalue weighted by molar-refractivity contribution is 6.37. The lowest BCUT2D eigenvalue weighted by atomic mass is 10.2. The number of hydrogen-bond acceptors (Lipinski definition) is 5. The molecule has 0 fully saturated rings. The highest BCUT2D eigenvalue weighted by Crippen LogP contribution is 2.28. The van der Waals surface area contributed by atoms with Crippen molar-refractivity contribution >= 4 is 46.7 Å². The van der Waals surface area contributed by atoms with E-state index in [0.29, 0.717) is 5.56 Å². The summed E-state index contributed by atoms with van der Waals surface area (Å²) in [6, 6.07) is 10.9. The Morgan fingerprint density at radius 1 is 1.08 bits per heavy atom. The SMILES string of the molecule is C[C@@H](OC(=O)c1cc(Cl)cc(Cl)c1N)C(=O)NNC(=O)c1ccccc1. The van der Waals surface area contributed by atoms with Gasteiger partial charge in [0.05, 0.1) is 16.3 Å². The van der Waals surface area contributed by atoms with Crippen LogP contribution in [0, 0.1) is 0 Å². The predicted octanol–water partition coefficient (Wildman–Crippen LogP) is 2.58. The maximum absolute atomic E-state index is 12.2. The van der Waals surface area contributed by atoms with Crippen molar-refractivity contribution in [1.29, 1.82) is 0 Å². The lowest BCUT2D eigenvalue weighted by Gasteiger charge is -2.15. The minimum Gasteiger partial charge on any atom is -0.449 e. The van der Waals surface area contributed by atoms with Gasteiger partial charge in [0.1, 0.15) is 0 Å². The number of hydrogen-bond donors (Lipinski definition) is 3. The summed E-state index contributed by atoms with van der Waals surface area (Å²) in [5, 5.41) is 0.292. The van der Waals surface area contributed by atoms with E-state index in [-0.39, 0.29) is 21.3 Å².